The third kappa shape index (κ3) is 7.84. The molecule has 2 aromatic rings. The van der Waals surface area contributed by atoms with E-state index in [-0.39, 0.29) is 23.5 Å². The molecule has 0 bridgehead atoms. The van der Waals surface area contributed by atoms with E-state index in [1.165, 1.54) is 0 Å². The van der Waals surface area contributed by atoms with Crippen LogP contribution in [0.4, 0.5) is 0 Å². The second kappa shape index (κ2) is 12.1. The topological polar surface area (TPSA) is 133 Å². The maximum absolute atomic E-state index is 12.7. The van der Waals surface area contributed by atoms with Crippen molar-refractivity contribution in [3.63, 3.8) is 0 Å². The number of aromatic nitrogens is 1. The highest BCUT2D eigenvalue weighted by Gasteiger charge is 2.50. The van der Waals surface area contributed by atoms with Crippen molar-refractivity contribution in [2.75, 3.05) is 13.1 Å². The van der Waals surface area contributed by atoms with Crippen molar-refractivity contribution in [2.45, 2.75) is 51.4 Å². The smallest absolute Gasteiger partial charge is 0.253 e. The summed E-state index contributed by atoms with van der Waals surface area (Å²) in [6.45, 7) is 4.73. The number of phenolic OH excluding ortho intramolecular Hbond substituents is 1. The lowest BCUT2D eigenvalue weighted by molar-refractivity contribution is -0.130. The van der Waals surface area contributed by atoms with Gasteiger partial charge in [0, 0.05) is 31.4 Å². The largest absolute Gasteiger partial charge is 0.508 e. The lowest BCUT2D eigenvalue weighted by atomic mass is 10.0. The maximum Gasteiger partial charge on any atom is 0.253 e. The zero-order valence-corrected chi connectivity index (χ0v) is 19.5. The van der Waals surface area contributed by atoms with E-state index in [4.69, 9.17) is 4.74 Å². The van der Waals surface area contributed by atoms with E-state index < -0.39 is 24.2 Å². The molecule has 3 rings (SSSR count). The number of epoxide rings is 1. The molecule has 1 aromatic carbocycles. The molecule has 4 N–H and O–H groups in total. The van der Waals surface area contributed by atoms with Gasteiger partial charge in [-0.1, -0.05) is 32.0 Å². The number of amides is 3. The lowest BCUT2D eigenvalue weighted by Crippen LogP contribution is -2.49. The summed E-state index contributed by atoms with van der Waals surface area (Å²) in [6.07, 6.45) is 1.60. The molecule has 9 nitrogen and oxygen atoms in total. The van der Waals surface area contributed by atoms with Crippen LogP contribution < -0.4 is 16.0 Å². The van der Waals surface area contributed by atoms with E-state index in [9.17, 15) is 19.5 Å². The zero-order valence-electron chi connectivity index (χ0n) is 19.5. The molecule has 0 spiro atoms. The van der Waals surface area contributed by atoms with Gasteiger partial charge in [0.2, 0.25) is 5.91 Å². The highest BCUT2D eigenvalue weighted by molar-refractivity contribution is 5.97. The molecule has 3 amide bonds. The summed E-state index contributed by atoms with van der Waals surface area (Å²) >= 11 is 0. The quantitative estimate of drug-likeness (QED) is 0.345. The molecule has 1 aliphatic rings. The first-order valence-electron chi connectivity index (χ1n) is 11.5. The van der Waals surface area contributed by atoms with Crippen LogP contribution in [-0.2, 0) is 32.0 Å². The Balaban J connectivity index is 1.42. The monoisotopic (exact) mass is 468 g/mol. The molecule has 34 heavy (non-hydrogen) atoms. The summed E-state index contributed by atoms with van der Waals surface area (Å²) in [5, 5.41) is 17.7. The Hall–Kier alpha value is -3.46. The minimum Gasteiger partial charge on any atom is -0.508 e. The van der Waals surface area contributed by atoms with Gasteiger partial charge in [0.25, 0.3) is 11.8 Å². The number of hydrogen-bond acceptors (Lipinski definition) is 6. The summed E-state index contributed by atoms with van der Waals surface area (Å²) in [7, 11) is 0. The van der Waals surface area contributed by atoms with Crippen LogP contribution in [-0.4, -0.2) is 59.2 Å². The Morgan fingerprint density at radius 1 is 0.971 bits per heavy atom. The molecule has 0 saturated carbocycles. The average Bonchev–Trinajstić information content (AvgIpc) is 3.61. The molecule has 1 aliphatic heterocycles. The molecule has 9 heteroatoms. The molecule has 182 valence electrons. The first kappa shape index (κ1) is 25.2. The van der Waals surface area contributed by atoms with Gasteiger partial charge in [-0.2, -0.15) is 0 Å². The predicted octanol–water partition coefficient (Wildman–Crippen LogP) is 1.10. The number of rotatable bonds is 12. The van der Waals surface area contributed by atoms with Crippen molar-refractivity contribution < 1.29 is 24.2 Å². The minimum atomic E-state index is -0.898. The fourth-order valence-electron chi connectivity index (χ4n) is 3.54. The standard InChI is InChI=1S/C25H32N4O5/c1-16(2)15-20(23(31)27-14-11-18-5-3-4-12-26-18)29-25(33)22-21(34-22)24(32)28-13-10-17-6-8-19(30)9-7-17/h3-9,12,16,20-22,30H,10-11,13-15H2,1-2H3,(H,27,31)(H,28,32)(H,29,33)/t20-,21?,22?/m0/s1. The lowest BCUT2D eigenvalue weighted by Gasteiger charge is -2.19. The Labute approximate surface area is 199 Å². The zero-order chi connectivity index (χ0) is 24.5. The van der Waals surface area contributed by atoms with Gasteiger partial charge in [-0.3, -0.25) is 19.4 Å². The highest BCUT2D eigenvalue weighted by atomic mass is 16.6. The third-order valence-corrected chi connectivity index (χ3v) is 5.40. The van der Waals surface area contributed by atoms with Crippen molar-refractivity contribution in [3.8, 4) is 5.75 Å². The Bertz CT molecular complexity index is 965. The summed E-state index contributed by atoms with van der Waals surface area (Å²) in [5.41, 5.74) is 1.84. The van der Waals surface area contributed by atoms with Crippen molar-refractivity contribution >= 4 is 17.7 Å². The van der Waals surface area contributed by atoms with Crippen LogP contribution in [0.1, 0.15) is 31.5 Å². The SMILES string of the molecule is CC(C)C[C@H](NC(=O)C1OC1C(=O)NCCc1ccc(O)cc1)C(=O)NCCc1ccccn1. The molecule has 0 radical (unpaired) electrons. The average molecular weight is 469 g/mol. The fourth-order valence-corrected chi connectivity index (χ4v) is 3.54. The number of ether oxygens (including phenoxy) is 1. The summed E-state index contributed by atoms with van der Waals surface area (Å²) in [6, 6.07) is 11.6. The number of nitrogens with zero attached hydrogens (tertiary/aromatic N) is 1. The molecule has 0 aliphatic carbocycles. The second-order valence-corrected chi connectivity index (χ2v) is 8.74. The number of phenols is 1. The van der Waals surface area contributed by atoms with E-state index in [0.717, 1.165) is 11.3 Å². The molecule has 2 heterocycles. The number of hydrogen-bond donors (Lipinski definition) is 4. The van der Waals surface area contributed by atoms with Gasteiger partial charge >= 0.3 is 0 Å². The van der Waals surface area contributed by atoms with E-state index >= 15 is 0 Å². The molecule has 2 unspecified atom stereocenters. The normalized spacial score (nSPS) is 17.6. The number of carbonyl (C=O) groups excluding carboxylic acids is 3. The molecule has 1 saturated heterocycles. The molecule has 1 fully saturated rings. The number of aromatic hydroxyl groups is 1. The first-order chi connectivity index (χ1) is 16.3. The van der Waals surface area contributed by atoms with Gasteiger partial charge in [0.15, 0.2) is 12.2 Å². The van der Waals surface area contributed by atoms with Crippen LogP contribution in [0.3, 0.4) is 0 Å². The van der Waals surface area contributed by atoms with Crippen molar-refractivity contribution in [1.29, 1.82) is 0 Å². The van der Waals surface area contributed by atoms with Gasteiger partial charge in [0.1, 0.15) is 11.8 Å². The van der Waals surface area contributed by atoms with Crippen molar-refractivity contribution in [2.24, 2.45) is 5.92 Å². The van der Waals surface area contributed by atoms with Crippen molar-refractivity contribution in [3.05, 3.63) is 59.9 Å². The molecular weight excluding hydrogens is 436 g/mol. The van der Waals surface area contributed by atoms with E-state index in [1.807, 2.05) is 32.0 Å². The number of carbonyl (C=O) groups is 3. The van der Waals surface area contributed by atoms with Crippen molar-refractivity contribution in [1.82, 2.24) is 20.9 Å². The van der Waals surface area contributed by atoms with E-state index in [0.29, 0.717) is 32.4 Å². The first-order valence-corrected chi connectivity index (χ1v) is 11.5. The van der Waals surface area contributed by atoms with Gasteiger partial charge in [-0.25, -0.2) is 0 Å². The van der Waals surface area contributed by atoms with Gasteiger partial charge < -0.3 is 25.8 Å². The van der Waals surface area contributed by atoms with E-state index in [2.05, 4.69) is 20.9 Å². The fraction of sp³-hybridized carbons (Fsp3) is 0.440. The second-order valence-electron chi connectivity index (χ2n) is 8.74. The Kier molecular flexibility index (Phi) is 8.98. The third-order valence-electron chi connectivity index (χ3n) is 5.40. The van der Waals surface area contributed by atoms with Crippen LogP contribution in [0.25, 0.3) is 0 Å². The van der Waals surface area contributed by atoms with Crippen LogP contribution in [0.5, 0.6) is 5.75 Å². The number of pyridine rings is 1. The predicted molar refractivity (Wildman–Crippen MR) is 126 cm³/mol. The van der Waals surface area contributed by atoms with Crippen LogP contribution in [0, 0.1) is 5.92 Å². The van der Waals surface area contributed by atoms with Gasteiger partial charge in [-0.15, -0.1) is 0 Å². The van der Waals surface area contributed by atoms with Crippen LogP contribution in [0.2, 0.25) is 0 Å². The van der Waals surface area contributed by atoms with E-state index in [1.54, 1.807) is 30.5 Å². The highest BCUT2D eigenvalue weighted by Crippen LogP contribution is 2.23. The summed E-state index contributed by atoms with van der Waals surface area (Å²) in [5.74, 6) is -0.728. The minimum absolute atomic E-state index is 0.186. The molecular formula is C25H32N4O5. The van der Waals surface area contributed by atoms with Gasteiger partial charge in [0.05, 0.1) is 0 Å². The van der Waals surface area contributed by atoms with Gasteiger partial charge in [-0.05, 0) is 48.6 Å². The Morgan fingerprint density at radius 3 is 2.35 bits per heavy atom. The maximum atomic E-state index is 12.7. The summed E-state index contributed by atoms with van der Waals surface area (Å²) in [4.78, 5) is 41.8. The Morgan fingerprint density at radius 2 is 1.68 bits per heavy atom. The van der Waals surface area contributed by atoms with Crippen LogP contribution in [0.15, 0.2) is 48.7 Å². The summed E-state index contributed by atoms with van der Waals surface area (Å²) < 4.78 is 5.29. The van der Waals surface area contributed by atoms with Crippen LogP contribution >= 0.6 is 0 Å². The molecule has 1 aromatic heterocycles. The molecule has 3 atom stereocenters. The number of benzene rings is 1. The number of nitrogens with one attached hydrogen (secondary N) is 3.